The van der Waals surface area contributed by atoms with Crippen molar-refractivity contribution in [3.63, 3.8) is 0 Å². The number of carbonyl (C=O) groups excluding carboxylic acids is 3. The second-order valence-electron chi connectivity index (χ2n) is 4.16. The third kappa shape index (κ3) is 1.88. The number of imide groups is 1. The van der Waals surface area contributed by atoms with Crippen LogP contribution in [0.4, 0.5) is 0 Å². The predicted molar refractivity (Wildman–Crippen MR) is 63.0 cm³/mol. The molecule has 94 valence electrons. The lowest BCUT2D eigenvalue weighted by Crippen LogP contribution is -2.39. The van der Waals surface area contributed by atoms with Crippen molar-refractivity contribution in [3.8, 4) is 0 Å². The second kappa shape index (κ2) is 4.60. The quantitative estimate of drug-likeness (QED) is 0.595. The molecule has 1 heterocycles. The van der Waals surface area contributed by atoms with Crippen molar-refractivity contribution in [2.24, 2.45) is 0 Å². The molecule has 0 saturated carbocycles. The summed E-state index contributed by atoms with van der Waals surface area (Å²) in [7, 11) is 1.28. The summed E-state index contributed by atoms with van der Waals surface area (Å²) in [5.74, 6) is -1.15. The van der Waals surface area contributed by atoms with Crippen LogP contribution >= 0.6 is 0 Å². The summed E-state index contributed by atoms with van der Waals surface area (Å²) in [5.41, 5.74) is 0.776. The molecule has 0 aromatic heterocycles. The number of amides is 2. The van der Waals surface area contributed by atoms with Gasteiger partial charge in [-0.25, -0.2) is 0 Å². The largest absolute Gasteiger partial charge is 0.469 e. The number of ether oxygens (including phenoxy) is 1. The minimum atomic E-state index is -0.509. The Morgan fingerprint density at radius 1 is 1.22 bits per heavy atom. The van der Waals surface area contributed by atoms with Gasteiger partial charge in [0.25, 0.3) is 11.8 Å². The van der Waals surface area contributed by atoms with Crippen LogP contribution in [0.5, 0.6) is 0 Å². The summed E-state index contributed by atoms with van der Waals surface area (Å²) >= 11 is 0. The van der Waals surface area contributed by atoms with Crippen LogP contribution < -0.4 is 0 Å². The molecule has 2 amide bonds. The van der Waals surface area contributed by atoms with E-state index in [4.69, 9.17) is 0 Å². The molecule has 2 rings (SSSR count). The number of nitrogens with zero attached hydrogens (tertiary/aromatic N) is 1. The Bertz CT molecular complexity index is 488. The monoisotopic (exact) mass is 247 g/mol. The minimum absolute atomic E-state index is 0.00195. The minimum Gasteiger partial charge on any atom is -0.469 e. The number of rotatable bonds is 3. The molecule has 1 aliphatic rings. The Morgan fingerprint density at radius 2 is 1.72 bits per heavy atom. The number of esters is 1. The lowest BCUT2D eigenvalue weighted by Gasteiger charge is -2.21. The molecule has 5 heteroatoms. The molecule has 0 radical (unpaired) electrons. The van der Waals surface area contributed by atoms with Gasteiger partial charge in [0, 0.05) is 6.04 Å². The van der Waals surface area contributed by atoms with Crippen LogP contribution in [-0.4, -0.2) is 35.8 Å². The van der Waals surface area contributed by atoms with E-state index in [1.807, 2.05) is 0 Å². The lowest BCUT2D eigenvalue weighted by atomic mass is 10.1. The molecule has 1 aromatic rings. The van der Waals surface area contributed by atoms with Crippen molar-refractivity contribution < 1.29 is 19.1 Å². The van der Waals surface area contributed by atoms with E-state index in [9.17, 15) is 14.4 Å². The van der Waals surface area contributed by atoms with E-state index in [0.717, 1.165) is 4.90 Å². The van der Waals surface area contributed by atoms with Gasteiger partial charge in [-0.2, -0.15) is 0 Å². The number of fused-ring (bicyclic) bond motifs is 1. The van der Waals surface area contributed by atoms with Gasteiger partial charge in [0.1, 0.15) is 0 Å². The van der Waals surface area contributed by atoms with Gasteiger partial charge in [0.2, 0.25) is 0 Å². The first-order valence-corrected chi connectivity index (χ1v) is 5.60. The zero-order valence-electron chi connectivity index (χ0n) is 10.2. The highest BCUT2D eigenvalue weighted by atomic mass is 16.5. The predicted octanol–water partition coefficient (Wildman–Crippen LogP) is 1.23. The van der Waals surface area contributed by atoms with E-state index < -0.39 is 12.0 Å². The normalized spacial score (nSPS) is 15.6. The van der Waals surface area contributed by atoms with E-state index >= 15 is 0 Å². The van der Waals surface area contributed by atoms with Crippen molar-refractivity contribution in [1.29, 1.82) is 0 Å². The van der Waals surface area contributed by atoms with E-state index in [1.165, 1.54) is 7.11 Å². The van der Waals surface area contributed by atoms with Crippen LogP contribution in [0.15, 0.2) is 24.3 Å². The van der Waals surface area contributed by atoms with Gasteiger partial charge in [0.05, 0.1) is 24.7 Å². The van der Waals surface area contributed by atoms with Crippen molar-refractivity contribution in [3.05, 3.63) is 35.4 Å². The fraction of sp³-hybridized carbons (Fsp3) is 0.308. The fourth-order valence-corrected chi connectivity index (χ4v) is 2.02. The van der Waals surface area contributed by atoms with Crippen molar-refractivity contribution >= 4 is 17.8 Å². The molecule has 1 aliphatic heterocycles. The Labute approximate surface area is 104 Å². The van der Waals surface area contributed by atoms with Gasteiger partial charge in [0.15, 0.2) is 0 Å². The van der Waals surface area contributed by atoms with Gasteiger partial charge >= 0.3 is 5.97 Å². The summed E-state index contributed by atoms with van der Waals surface area (Å²) in [6.45, 7) is 1.65. The maximum atomic E-state index is 12.1. The average Bonchev–Trinajstić information content (AvgIpc) is 2.62. The molecule has 18 heavy (non-hydrogen) atoms. The third-order valence-electron chi connectivity index (χ3n) is 2.96. The zero-order valence-corrected chi connectivity index (χ0v) is 10.2. The first-order valence-electron chi connectivity index (χ1n) is 5.60. The number of methoxy groups -OCH3 is 1. The van der Waals surface area contributed by atoms with Gasteiger partial charge in [-0.15, -0.1) is 0 Å². The van der Waals surface area contributed by atoms with Gasteiger partial charge in [-0.3, -0.25) is 19.3 Å². The Morgan fingerprint density at radius 3 is 2.17 bits per heavy atom. The maximum absolute atomic E-state index is 12.1. The van der Waals surface area contributed by atoms with E-state index in [0.29, 0.717) is 11.1 Å². The fourth-order valence-electron chi connectivity index (χ4n) is 2.02. The summed E-state index contributed by atoms with van der Waals surface area (Å²) in [6, 6.07) is 6.13. The molecule has 5 nitrogen and oxygen atoms in total. The molecule has 1 aromatic carbocycles. The standard InChI is InChI=1S/C13H13NO4/c1-8(7-11(15)18-2)14-12(16)9-5-3-4-6-10(9)13(14)17/h3-6,8H,7H2,1-2H3/t8-/m0/s1. The Kier molecular flexibility index (Phi) is 3.14. The van der Waals surface area contributed by atoms with E-state index in [1.54, 1.807) is 31.2 Å². The zero-order chi connectivity index (χ0) is 13.3. The van der Waals surface area contributed by atoms with Crippen LogP contribution in [0.3, 0.4) is 0 Å². The molecule has 0 fully saturated rings. The van der Waals surface area contributed by atoms with Gasteiger partial charge in [-0.05, 0) is 19.1 Å². The number of carbonyl (C=O) groups is 3. The maximum Gasteiger partial charge on any atom is 0.307 e. The molecule has 0 bridgehead atoms. The van der Waals surface area contributed by atoms with Crippen molar-refractivity contribution in [2.45, 2.75) is 19.4 Å². The van der Waals surface area contributed by atoms with Crippen LogP contribution in [-0.2, 0) is 9.53 Å². The van der Waals surface area contributed by atoms with Crippen LogP contribution in [0.1, 0.15) is 34.1 Å². The van der Waals surface area contributed by atoms with Crippen LogP contribution in [0.2, 0.25) is 0 Å². The van der Waals surface area contributed by atoms with Gasteiger partial charge in [-0.1, -0.05) is 12.1 Å². The van der Waals surface area contributed by atoms with Crippen molar-refractivity contribution in [2.75, 3.05) is 7.11 Å². The smallest absolute Gasteiger partial charge is 0.307 e. The first-order chi connectivity index (χ1) is 8.56. The molecule has 0 spiro atoms. The Balaban J connectivity index is 2.25. The number of benzene rings is 1. The Hall–Kier alpha value is -2.17. The first kappa shape index (κ1) is 12.3. The van der Waals surface area contributed by atoms with Crippen LogP contribution in [0, 0.1) is 0 Å². The number of hydrogen-bond acceptors (Lipinski definition) is 4. The molecular weight excluding hydrogens is 234 g/mol. The topological polar surface area (TPSA) is 63.7 Å². The third-order valence-corrected chi connectivity index (χ3v) is 2.96. The summed E-state index contributed by atoms with van der Waals surface area (Å²) in [5, 5.41) is 0. The van der Waals surface area contributed by atoms with Crippen molar-refractivity contribution in [1.82, 2.24) is 4.90 Å². The highest BCUT2D eigenvalue weighted by molar-refractivity contribution is 6.21. The molecule has 0 unspecified atom stereocenters. The summed E-state index contributed by atoms with van der Waals surface area (Å²) < 4.78 is 4.54. The second-order valence-corrected chi connectivity index (χ2v) is 4.16. The molecule has 0 N–H and O–H groups in total. The molecule has 1 atom stereocenters. The number of hydrogen-bond donors (Lipinski definition) is 0. The van der Waals surface area contributed by atoms with Crippen LogP contribution in [0.25, 0.3) is 0 Å². The van der Waals surface area contributed by atoms with Gasteiger partial charge < -0.3 is 4.74 Å². The lowest BCUT2D eigenvalue weighted by molar-refractivity contribution is -0.141. The molecular formula is C13H13NO4. The SMILES string of the molecule is COC(=O)C[C@H](C)N1C(=O)c2ccccc2C1=O. The molecule has 0 aliphatic carbocycles. The van der Waals surface area contributed by atoms with E-state index in [2.05, 4.69) is 4.74 Å². The average molecular weight is 247 g/mol. The highest BCUT2D eigenvalue weighted by Gasteiger charge is 2.38. The highest BCUT2D eigenvalue weighted by Crippen LogP contribution is 2.25. The summed E-state index contributed by atoms with van der Waals surface area (Å²) in [4.78, 5) is 36.4. The summed E-state index contributed by atoms with van der Waals surface area (Å²) in [6.07, 6.45) is 0.00195. The molecule has 0 saturated heterocycles. The van der Waals surface area contributed by atoms with E-state index in [-0.39, 0.29) is 18.2 Å².